The molecule has 1 aliphatic rings. The highest BCUT2D eigenvalue weighted by atomic mass is 16.4. The lowest BCUT2D eigenvalue weighted by Gasteiger charge is -2.19. The molecule has 1 heterocycles. The molecule has 0 bridgehead atoms. The second kappa shape index (κ2) is 6.88. The molecule has 0 aromatic carbocycles. The van der Waals surface area contributed by atoms with Gasteiger partial charge >= 0.3 is 0 Å². The highest BCUT2D eigenvalue weighted by Crippen LogP contribution is 2.26. The summed E-state index contributed by atoms with van der Waals surface area (Å²) >= 11 is 0. The van der Waals surface area contributed by atoms with E-state index in [1.54, 1.807) is 0 Å². The number of nitrogens with zero attached hydrogens (tertiary/aromatic N) is 2. The topological polar surface area (TPSA) is 51.0 Å². The van der Waals surface area contributed by atoms with Gasteiger partial charge in [0.25, 0.3) is 0 Å². The van der Waals surface area contributed by atoms with E-state index in [0.29, 0.717) is 6.04 Å². The van der Waals surface area contributed by atoms with Gasteiger partial charge in [0, 0.05) is 25.4 Å². The summed E-state index contributed by atoms with van der Waals surface area (Å²) in [6.07, 6.45) is 8.58. The van der Waals surface area contributed by atoms with Gasteiger partial charge in [-0.15, -0.1) is 10.2 Å². The average Bonchev–Trinajstić information content (AvgIpc) is 2.78. The van der Waals surface area contributed by atoms with Gasteiger partial charge in [-0.25, -0.2) is 0 Å². The summed E-state index contributed by atoms with van der Waals surface area (Å²) in [6, 6.07) is 0.509. The van der Waals surface area contributed by atoms with Crippen LogP contribution in [-0.4, -0.2) is 22.8 Å². The van der Waals surface area contributed by atoms with Crippen LogP contribution in [0.15, 0.2) is 4.42 Å². The van der Waals surface area contributed by atoms with Gasteiger partial charge in [0.1, 0.15) is 0 Å². The van der Waals surface area contributed by atoms with E-state index in [9.17, 15) is 0 Å². The van der Waals surface area contributed by atoms with Crippen LogP contribution in [-0.2, 0) is 12.8 Å². The minimum atomic E-state index is 0.509. The SMILES string of the molecule is CC(C)NCCc1nnc(CC2CCCCC2)o1. The Kier molecular flexibility index (Phi) is 5.17. The van der Waals surface area contributed by atoms with Gasteiger partial charge < -0.3 is 9.73 Å². The first-order valence-corrected chi connectivity index (χ1v) is 7.28. The molecule has 4 heteroatoms. The van der Waals surface area contributed by atoms with Crippen molar-refractivity contribution in [1.29, 1.82) is 0 Å². The van der Waals surface area contributed by atoms with Crippen LogP contribution in [0.1, 0.15) is 57.7 Å². The molecule has 1 saturated carbocycles. The van der Waals surface area contributed by atoms with Crippen LogP contribution in [0.5, 0.6) is 0 Å². The molecule has 0 unspecified atom stereocenters. The maximum Gasteiger partial charge on any atom is 0.217 e. The van der Waals surface area contributed by atoms with Gasteiger partial charge in [-0.1, -0.05) is 33.1 Å². The van der Waals surface area contributed by atoms with Gasteiger partial charge in [0.2, 0.25) is 11.8 Å². The smallest absolute Gasteiger partial charge is 0.217 e. The van der Waals surface area contributed by atoms with Gasteiger partial charge in [-0.05, 0) is 18.8 Å². The molecule has 0 aliphatic heterocycles. The second-order valence-electron chi connectivity index (χ2n) is 5.66. The van der Waals surface area contributed by atoms with Gasteiger partial charge in [-0.3, -0.25) is 0 Å². The first-order valence-electron chi connectivity index (χ1n) is 7.28. The van der Waals surface area contributed by atoms with Crippen molar-refractivity contribution in [2.45, 2.75) is 64.8 Å². The Morgan fingerprint density at radius 1 is 1.17 bits per heavy atom. The number of hydrogen-bond acceptors (Lipinski definition) is 4. The molecule has 0 atom stereocenters. The molecule has 0 spiro atoms. The fraction of sp³-hybridized carbons (Fsp3) is 0.857. The molecule has 1 fully saturated rings. The number of nitrogens with one attached hydrogen (secondary N) is 1. The second-order valence-corrected chi connectivity index (χ2v) is 5.66. The van der Waals surface area contributed by atoms with Gasteiger partial charge in [0.15, 0.2) is 0 Å². The van der Waals surface area contributed by atoms with E-state index < -0.39 is 0 Å². The summed E-state index contributed by atoms with van der Waals surface area (Å²) in [5.74, 6) is 2.37. The zero-order valence-electron chi connectivity index (χ0n) is 11.6. The standard InChI is InChI=1S/C14H25N3O/c1-11(2)15-9-8-13-16-17-14(18-13)10-12-6-4-3-5-7-12/h11-12,15H,3-10H2,1-2H3. The Morgan fingerprint density at radius 2 is 1.89 bits per heavy atom. The third-order valence-electron chi connectivity index (χ3n) is 3.59. The summed E-state index contributed by atoms with van der Waals surface area (Å²) in [5, 5.41) is 11.6. The maximum atomic E-state index is 5.71. The number of rotatable bonds is 6. The fourth-order valence-electron chi connectivity index (χ4n) is 2.58. The third kappa shape index (κ3) is 4.41. The van der Waals surface area contributed by atoms with E-state index in [-0.39, 0.29) is 0 Å². The summed E-state index contributed by atoms with van der Waals surface area (Å²) in [7, 11) is 0. The van der Waals surface area contributed by atoms with Crippen molar-refractivity contribution in [3.05, 3.63) is 11.8 Å². The van der Waals surface area contributed by atoms with Crippen LogP contribution in [0.2, 0.25) is 0 Å². The minimum Gasteiger partial charge on any atom is -0.425 e. The summed E-state index contributed by atoms with van der Waals surface area (Å²) < 4.78 is 5.71. The van der Waals surface area contributed by atoms with Crippen LogP contribution in [0, 0.1) is 5.92 Å². The molecule has 0 saturated heterocycles. The van der Waals surface area contributed by atoms with E-state index in [1.165, 1.54) is 32.1 Å². The molecule has 0 amide bonds. The molecule has 1 aliphatic carbocycles. The Morgan fingerprint density at radius 3 is 2.61 bits per heavy atom. The van der Waals surface area contributed by atoms with Crippen molar-refractivity contribution in [2.24, 2.45) is 5.92 Å². The summed E-state index contributed by atoms with van der Waals surface area (Å²) in [4.78, 5) is 0. The van der Waals surface area contributed by atoms with Crippen LogP contribution < -0.4 is 5.32 Å². The molecule has 4 nitrogen and oxygen atoms in total. The van der Waals surface area contributed by atoms with Crippen molar-refractivity contribution >= 4 is 0 Å². The lowest BCUT2D eigenvalue weighted by Crippen LogP contribution is -2.25. The zero-order chi connectivity index (χ0) is 12.8. The highest BCUT2D eigenvalue weighted by molar-refractivity contribution is 4.86. The zero-order valence-corrected chi connectivity index (χ0v) is 11.6. The molecular formula is C14H25N3O. The van der Waals surface area contributed by atoms with Crippen molar-refractivity contribution in [2.75, 3.05) is 6.54 Å². The first-order chi connectivity index (χ1) is 8.74. The first kappa shape index (κ1) is 13.5. The largest absolute Gasteiger partial charge is 0.425 e. The Labute approximate surface area is 110 Å². The average molecular weight is 251 g/mol. The highest BCUT2D eigenvalue weighted by Gasteiger charge is 2.17. The van der Waals surface area contributed by atoms with Crippen LogP contribution >= 0.6 is 0 Å². The molecular weight excluding hydrogens is 226 g/mol. The van der Waals surface area contributed by atoms with E-state index in [0.717, 1.165) is 37.1 Å². The van der Waals surface area contributed by atoms with E-state index >= 15 is 0 Å². The molecule has 1 N–H and O–H groups in total. The Hall–Kier alpha value is -0.900. The molecule has 2 rings (SSSR count). The Balaban J connectivity index is 1.74. The normalized spacial score (nSPS) is 17.5. The van der Waals surface area contributed by atoms with Crippen molar-refractivity contribution in [3.63, 3.8) is 0 Å². The number of aromatic nitrogens is 2. The van der Waals surface area contributed by atoms with Crippen LogP contribution in [0.4, 0.5) is 0 Å². The quantitative estimate of drug-likeness (QED) is 0.844. The molecule has 18 heavy (non-hydrogen) atoms. The van der Waals surface area contributed by atoms with Crippen LogP contribution in [0.3, 0.4) is 0 Å². The summed E-state index contributed by atoms with van der Waals surface area (Å²) in [6.45, 7) is 5.19. The summed E-state index contributed by atoms with van der Waals surface area (Å²) in [5.41, 5.74) is 0. The lowest BCUT2D eigenvalue weighted by molar-refractivity contribution is 0.324. The van der Waals surface area contributed by atoms with E-state index in [2.05, 4.69) is 29.4 Å². The van der Waals surface area contributed by atoms with Crippen LogP contribution in [0.25, 0.3) is 0 Å². The van der Waals surface area contributed by atoms with E-state index in [1.807, 2.05) is 0 Å². The van der Waals surface area contributed by atoms with E-state index in [4.69, 9.17) is 4.42 Å². The van der Waals surface area contributed by atoms with Crippen molar-refractivity contribution in [1.82, 2.24) is 15.5 Å². The minimum absolute atomic E-state index is 0.509. The molecule has 1 aromatic heterocycles. The maximum absolute atomic E-state index is 5.71. The molecule has 1 aromatic rings. The van der Waals surface area contributed by atoms with Gasteiger partial charge in [0.05, 0.1) is 0 Å². The Bertz CT molecular complexity index is 343. The predicted molar refractivity (Wildman–Crippen MR) is 71.4 cm³/mol. The predicted octanol–water partition coefficient (Wildman–Crippen LogP) is 2.73. The molecule has 0 radical (unpaired) electrons. The van der Waals surface area contributed by atoms with Gasteiger partial charge in [-0.2, -0.15) is 0 Å². The molecule has 102 valence electrons. The number of hydrogen-bond donors (Lipinski definition) is 1. The van der Waals surface area contributed by atoms with Crippen molar-refractivity contribution in [3.8, 4) is 0 Å². The third-order valence-corrected chi connectivity index (χ3v) is 3.59. The monoisotopic (exact) mass is 251 g/mol. The van der Waals surface area contributed by atoms with Crippen molar-refractivity contribution < 1.29 is 4.42 Å². The lowest BCUT2D eigenvalue weighted by atomic mass is 9.87. The fourth-order valence-corrected chi connectivity index (χ4v) is 2.58.